The molecule has 2 saturated heterocycles. The van der Waals surface area contributed by atoms with E-state index in [9.17, 15) is 0 Å². The Bertz CT molecular complexity index is 276. The second kappa shape index (κ2) is 7.74. The Hall–Kier alpha value is -0.160. The van der Waals surface area contributed by atoms with Crippen molar-refractivity contribution in [3.05, 3.63) is 0 Å². The highest BCUT2D eigenvalue weighted by atomic mass is 15.3. The highest BCUT2D eigenvalue weighted by Crippen LogP contribution is 2.20. The van der Waals surface area contributed by atoms with E-state index in [1.54, 1.807) is 0 Å². The van der Waals surface area contributed by atoms with Gasteiger partial charge in [0.15, 0.2) is 0 Å². The largest absolute Gasteiger partial charge is 0.312 e. The molecule has 0 spiro atoms. The molecule has 0 bridgehead atoms. The lowest BCUT2D eigenvalue weighted by molar-refractivity contribution is 0.106. The number of hydrogen-bond acceptors (Lipinski definition) is 4. The third-order valence-corrected chi connectivity index (χ3v) is 5.44. The summed E-state index contributed by atoms with van der Waals surface area (Å²) >= 11 is 0. The summed E-state index contributed by atoms with van der Waals surface area (Å²) in [7, 11) is 4.51. The van der Waals surface area contributed by atoms with Crippen molar-refractivity contribution in [3.8, 4) is 0 Å². The lowest BCUT2D eigenvalue weighted by Crippen LogP contribution is -2.55. The van der Waals surface area contributed by atoms with Crippen LogP contribution in [-0.2, 0) is 0 Å². The SMILES string of the molecule is CCN1CCC(C(C)NCC2CN(C)CCN2C)CC1. The summed E-state index contributed by atoms with van der Waals surface area (Å²) in [5.74, 6) is 0.865. The molecule has 2 heterocycles. The maximum absolute atomic E-state index is 3.82. The van der Waals surface area contributed by atoms with E-state index >= 15 is 0 Å². The Balaban J connectivity index is 1.70. The van der Waals surface area contributed by atoms with Crippen LogP contribution in [0.4, 0.5) is 0 Å². The number of likely N-dealkylation sites (tertiary alicyclic amines) is 1. The Morgan fingerprint density at radius 2 is 1.80 bits per heavy atom. The van der Waals surface area contributed by atoms with E-state index in [2.05, 4.69) is 48.0 Å². The van der Waals surface area contributed by atoms with Gasteiger partial charge in [-0.25, -0.2) is 0 Å². The second-order valence-electron chi connectivity index (χ2n) is 6.87. The van der Waals surface area contributed by atoms with Crippen LogP contribution in [0.15, 0.2) is 0 Å². The number of nitrogens with one attached hydrogen (secondary N) is 1. The molecule has 2 fully saturated rings. The molecular formula is C16H34N4. The minimum absolute atomic E-state index is 0.662. The number of rotatable bonds is 5. The van der Waals surface area contributed by atoms with Gasteiger partial charge in [0.2, 0.25) is 0 Å². The van der Waals surface area contributed by atoms with Crippen LogP contribution in [0.5, 0.6) is 0 Å². The third-order valence-electron chi connectivity index (χ3n) is 5.44. The van der Waals surface area contributed by atoms with Crippen LogP contribution in [0.3, 0.4) is 0 Å². The molecule has 0 aromatic heterocycles. The van der Waals surface area contributed by atoms with Crippen LogP contribution in [-0.4, -0.2) is 86.7 Å². The van der Waals surface area contributed by atoms with Crippen LogP contribution < -0.4 is 5.32 Å². The van der Waals surface area contributed by atoms with Gasteiger partial charge in [-0.1, -0.05) is 6.92 Å². The van der Waals surface area contributed by atoms with E-state index in [1.165, 1.54) is 52.1 Å². The highest BCUT2D eigenvalue weighted by molar-refractivity contribution is 4.84. The first-order chi connectivity index (χ1) is 9.60. The molecule has 1 N–H and O–H groups in total. The van der Waals surface area contributed by atoms with Crippen molar-refractivity contribution in [1.29, 1.82) is 0 Å². The average Bonchev–Trinajstić information content (AvgIpc) is 2.48. The fraction of sp³-hybridized carbons (Fsp3) is 1.00. The Labute approximate surface area is 125 Å². The fourth-order valence-corrected chi connectivity index (χ4v) is 3.58. The molecule has 2 rings (SSSR count). The van der Waals surface area contributed by atoms with E-state index in [4.69, 9.17) is 0 Å². The predicted molar refractivity (Wildman–Crippen MR) is 86.2 cm³/mol. The van der Waals surface area contributed by atoms with Crippen molar-refractivity contribution >= 4 is 0 Å². The van der Waals surface area contributed by atoms with Gasteiger partial charge in [0, 0.05) is 38.3 Å². The minimum Gasteiger partial charge on any atom is -0.312 e. The standard InChI is InChI=1S/C16H34N4/c1-5-20-8-6-15(7-9-20)14(2)17-12-16-13-18(3)10-11-19(16)4/h14-17H,5-13H2,1-4H3. The summed E-state index contributed by atoms with van der Waals surface area (Å²) < 4.78 is 0. The molecule has 0 aliphatic carbocycles. The van der Waals surface area contributed by atoms with Gasteiger partial charge in [0.05, 0.1) is 0 Å². The number of piperidine rings is 1. The monoisotopic (exact) mass is 282 g/mol. The number of hydrogen-bond donors (Lipinski definition) is 1. The van der Waals surface area contributed by atoms with Crippen molar-refractivity contribution in [1.82, 2.24) is 20.0 Å². The smallest absolute Gasteiger partial charge is 0.0345 e. The second-order valence-corrected chi connectivity index (χ2v) is 6.87. The zero-order chi connectivity index (χ0) is 14.5. The molecule has 20 heavy (non-hydrogen) atoms. The summed E-state index contributed by atoms with van der Waals surface area (Å²) in [6.45, 7) is 13.2. The molecule has 2 atom stereocenters. The van der Waals surface area contributed by atoms with Crippen molar-refractivity contribution in [2.75, 3.05) is 59.9 Å². The molecular weight excluding hydrogens is 248 g/mol. The van der Waals surface area contributed by atoms with Gasteiger partial charge in [-0.3, -0.25) is 4.90 Å². The molecule has 0 radical (unpaired) electrons. The van der Waals surface area contributed by atoms with Gasteiger partial charge < -0.3 is 15.1 Å². The summed E-state index contributed by atoms with van der Waals surface area (Å²) in [6.07, 6.45) is 2.73. The average molecular weight is 282 g/mol. The van der Waals surface area contributed by atoms with Crippen LogP contribution in [0.1, 0.15) is 26.7 Å². The van der Waals surface area contributed by atoms with E-state index < -0.39 is 0 Å². The zero-order valence-electron chi connectivity index (χ0n) is 13.9. The normalized spacial score (nSPS) is 29.7. The van der Waals surface area contributed by atoms with Gasteiger partial charge >= 0.3 is 0 Å². The maximum atomic E-state index is 3.82. The van der Waals surface area contributed by atoms with Crippen LogP contribution in [0.25, 0.3) is 0 Å². The van der Waals surface area contributed by atoms with E-state index in [0.29, 0.717) is 12.1 Å². The topological polar surface area (TPSA) is 21.8 Å². The Morgan fingerprint density at radius 1 is 1.10 bits per heavy atom. The van der Waals surface area contributed by atoms with Gasteiger partial charge in [0.25, 0.3) is 0 Å². The predicted octanol–water partition coefficient (Wildman–Crippen LogP) is 0.942. The Morgan fingerprint density at radius 3 is 2.45 bits per heavy atom. The third kappa shape index (κ3) is 4.42. The van der Waals surface area contributed by atoms with E-state index in [0.717, 1.165) is 12.5 Å². The number of nitrogens with zero attached hydrogens (tertiary/aromatic N) is 3. The first-order valence-electron chi connectivity index (χ1n) is 8.44. The zero-order valence-corrected chi connectivity index (χ0v) is 13.9. The molecule has 4 nitrogen and oxygen atoms in total. The van der Waals surface area contributed by atoms with E-state index in [1.807, 2.05) is 0 Å². The molecule has 2 aliphatic rings. The van der Waals surface area contributed by atoms with Gasteiger partial charge in [0.1, 0.15) is 0 Å². The van der Waals surface area contributed by atoms with Crippen LogP contribution in [0.2, 0.25) is 0 Å². The number of likely N-dealkylation sites (N-methyl/N-ethyl adjacent to an activating group) is 2. The molecule has 4 heteroatoms. The van der Waals surface area contributed by atoms with Gasteiger partial charge in [-0.15, -0.1) is 0 Å². The highest BCUT2D eigenvalue weighted by Gasteiger charge is 2.26. The summed E-state index contributed by atoms with van der Waals surface area (Å²) in [6, 6.07) is 1.33. The van der Waals surface area contributed by atoms with Gasteiger partial charge in [-0.2, -0.15) is 0 Å². The van der Waals surface area contributed by atoms with Crippen LogP contribution >= 0.6 is 0 Å². The summed E-state index contributed by atoms with van der Waals surface area (Å²) in [4.78, 5) is 7.54. The number of piperazine rings is 1. The minimum atomic E-state index is 0.662. The first-order valence-corrected chi connectivity index (χ1v) is 8.44. The van der Waals surface area contributed by atoms with Gasteiger partial charge in [-0.05, 0) is 59.4 Å². The lowest BCUT2D eigenvalue weighted by Gasteiger charge is -2.39. The van der Waals surface area contributed by atoms with Crippen molar-refractivity contribution < 1.29 is 0 Å². The van der Waals surface area contributed by atoms with E-state index in [-0.39, 0.29) is 0 Å². The summed E-state index contributed by atoms with van der Waals surface area (Å²) in [5.41, 5.74) is 0. The molecule has 0 aromatic carbocycles. The molecule has 2 unspecified atom stereocenters. The first kappa shape index (κ1) is 16.2. The molecule has 118 valence electrons. The van der Waals surface area contributed by atoms with Crippen LogP contribution in [0, 0.1) is 5.92 Å². The quantitative estimate of drug-likeness (QED) is 0.810. The Kier molecular flexibility index (Phi) is 6.27. The maximum Gasteiger partial charge on any atom is 0.0345 e. The molecule has 0 saturated carbocycles. The van der Waals surface area contributed by atoms with Crippen molar-refractivity contribution in [2.45, 2.75) is 38.8 Å². The summed E-state index contributed by atoms with van der Waals surface area (Å²) in [5, 5.41) is 3.82. The van der Waals surface area contributed by atoms with Crippen molar-refractivity contribution in [2.24, 2.45) is 5.92 Å². The fourth-order valence-electron chi connectivity index (χ4n) is 3.58. The van der Waals surface area contributed by atoms with Crippen molar-refractivity contribution in [3.63, 3.8) is 0 Å². The lowest BCUT2D eigenvalue weighted by atomic mass is 9.90. The molecule has 2 aliphatic heterocycles. The molecule has 0 amide bonds. The molecule has 0 aromatic rings.